The summed E-state index contributed by atoms with van der Waals surface area (Å²) in [5.41, 5.74) is 5.93. The Labute approximate surface area is 271 Å². The van der Waals surface area contributed by atoms with Crippen molar-refractivity contribution >= 4 is 63.0 Å². The summed E-state index contributed by atoms with van der Waals surface area (Å²) in [5.74, 6) is -0.0517. The monoisotopic (exact) mass is 827 g/mol. The van der Waals surface area contributed by atoms with Gasteiger partial charge in [0.1, 0.15) is 42.4 Å². The lowest BCUT2D eigenvalue weighted by Gasteiger charge is -2.26. The summed E-state index contributed by atoms with van der Waals surface area (Å²) in [5, 5.41) is 21.4. The maximum atomic E-state index is 12.2. The Balaban J connectivity index is 1.44. The highest BCUT2D eigenvalue weighted by molar-refractivity contribution is 14.1. The number of halogens is 1. The summed E-state index contributed by atoms with van der Waals surface area (Å²) in [6.07, 6.45) is -6.31. The van der Waals surface area contributed by atoms with E-state index in [0.717, 1.165) is 20.8 Å². The fourth-order valence-electron chi connectivity index (χ4n) is 4.86. The van der Waals surface area contributed by atoms with Crippen molar-refractivity contribution < 1.29 is 80.5 Å². The van der Waals surface area contributed by atoms with E-state index in [9.17, 15) is 38.6 Å². The molecule has 46 heavy (non-hydrogen) atoms. The van der Waals surface area contributed by atoms with E-state index in [1.165, 1.54) is 4.57 Å². The molecule has 2 saturated heterocycles. The number of hydrogen-bond acceptors (Lipinski definition) is 15. The molecule has 22 nitrogen and oxygen atoms in total. The number of aliphatic hydroxyl groups excluding tert-OH is 2. The maximum absolute atomic E-state index is 12.2. The number of aliphatic hydroxyl groups is 2. The molecule has 254 valence electrons. The smallest absolute Gasteiger partial charge is 0.387 e. The summed E-state index contributed by atoms with van der Waals surface area (Å²) in [6, 6.07) is 3.47. The number of ether oxygens (including phenoxy) is 3. The van der Waals surface area contributed by atoms with Crippen molar-refractivity contribution in [2.24, 2.45) is 0 Å². The van der Waals surface area contributed by atoms with Crippen LogP contribution in [0.5, 0.6) is 0 Å². The first-order valence-corrected chi connectivity index (χ1v) is 18.4. The molecule has 0 aromatic carbocycles. The summed E-state index contributed by atoms with van der Waals surface area (Å²) >= 11 is 2.04. The number of nitrogen functional groups attached to an aromatic ring is 1. The van der Waals surface area contributed by atoms with Crippen LogP contribution >= 0.6 is 46.1 Å². The van der Waals surface area contributed by atoms with Crippen molar-refractivity contribution in [3.63, 3.8) is 0 Å². The average Bonchev–Trinajstić information content (AvgIpc) is 3.59. The van der Waals surface area contributed by atoms with Gasteiger partial charge in [-0.25, -0.2) is 28.6 Å². The minimum Gasteiger partial charge on any atom is -0.387 e. The fourth-order valence-corrected chi connectivity index (χ4v) is 7.53. The second kappa shape index (κ2) is 13.7. The van der Waals surface area contributed by atoms with Gasteiger partial charge < -0.3 is 54.6 Å². The Morgan fingerprint density at radius 2 is 1.72 bits per heavy atom. The van der Waals surface area contributed by atoms with Gasteiger partial charge in [0.2, 0.25) is 0 Å². The molecule has 26 heteroatoms. The highest BCUT2D eigenvalue weighted by Crippen LogP contribution is 2.58. The molecule has 0 bridgehead atoms. The van der Waals surface area contributed by atoms with Gasteiger partial charge in [-0.15, -0.1) is 0 Å². The molecule has 0 amide bonds. The molecule has 2 aliphatic heterocycles. The molecule has 2 aliphatic rings. The van der Waals surface area contributed by atoms with Gasteiger partial charge in [0.15, 0.2) is 36.2 Å². The largest absolute Gasteiger partial charge is 0.481 e. The van der Waals surface area contributed by atoms with E-state index in [-0.39, 0.29) is 17.0 Å². The van der Waals surface area contributed by atoms with E-state index in [1.54, 1.807) is 24.5 Å². The van der Waals surface area contributed by atoms with Crippen LogP contribution in [-0.2, 0) is 41.3 Å². The van der Waals surface area contributed by atoms with Crippen molar-refractivity contribution in [2.45, 2.75) is 49.1 Å². The molecule has 9 atom stereocenters. The van der Waals surface area contributed by atoms with Crippen LogP contribution in [0, 0.1) is 3.57 Å². The molecule has 9 N–H and O–H groups in total. The predicted octanol–water partition coefficient (Wildman–Crippen LogP) is -1.39. The SMILES string of the molecule is Nc1ncnc2c1ncn2[C@@H]1O[C@H](COP(=O)(O)OP(=O)(O)O)[C@@H](OC[C@H]2O[C@@H]([n+]3cccc(I)c3)[C@H](O)[C@@H]2O)[C@H]1OP(=O)(O)O. The number of hydrogen-bond donors (Lipinski definition) is 8. The van der Waals surface area contributed by atoms with Crippen LogP contribution in [0.3, 0.4) is 0 Å². The first kappa shape index (κ1) is 35.7. The highest BCUT2D eigenvalue weighted by atomic mass is 127. The van der Waals surface area contributed by atoms with Crippen LogP contribution < -0.4 is 10.3 Å². The minimum absolute atomic E-state index is 0.0184. The topological polar surface area (TPSA) is 322 Å². The van der Waals surface area contributed by atoms with E-state index in [2.05, 4.69) is 19.3 Å². The van der Waals surface area contributed by atoms with Gasteiger partial charge in [0.25, 0.3) is 6.23 Å². The summed E-state index contributed by atoms with van der Waals surface area (Å²) in [7, 11) is -16.3. The predicted molar refractivity (Wildman–Crippen MR) is 154 cm³/mol. The summed E-state index contributed by atoms with van der Waals surface area (Å²) < 4.78 is 70.0. The van der Waals surface area contributed by atoms with E-state index < -0.39 is 85.8 Å². The molecular weight excluding hydrogens is 800 g/mol. The van der Waals surface area contributed by atoms with Crippen LogP contribution in [0.4, 0.5) is 5.82 Å². The van der Waals surface area contributed by atoms with Gasteiger partial charge in [0.05, 0.1) is 23.1 Å². The van der Waals surface area contributed by atoms with Crippen LogP contribution in [-0.4, -0.2) is 104 Å². The summed E-state index contributed by atoms with van der Waals surface area (Å²) in [4.78, 5) is 59.2. The molecule has 0 aliphatic carbocycles. The number of nitrogens with zero attached hydrogens (tertiary/aromatic N) is 5. The van der Waals surface area contributed by atoms with E-state index in [1.807, 2.05) is 22.6 Å². The lowest BCUT2D eigenvalue weighted by molar-refractivity contribution is -0.766. The van der Waals surface area contributed by atoms with Crippen molar-refractivity contribution in [2.75, 3.05) is 18.9 Å². The van der Waals surface area contributed by atoms with E-state index >= 15 is 0 Å². The van der Waals surface area contributed by atoms with Gasteiger partial charge in [-0.3, -0.25) is 13.6 Å². The lowest BCUT2D eigenvalue weighted by atomic mass is 10.1. The molecule has 5 heterocycles. The van der Waals surface area contributed by atoms with Crippen molar-refractivity contribution in [3.8, 4) is 0 Å². The minimum atomic E-state index is -5.51. The maximum Gasteiger partial charge on any atom is 0.481 e. The molecule has 3 aromatic heterocycles. The number of nitrogens with two attached hydrogens (primary N) is 1. The molecule has 3 aromatic rings. The zero-order valence-electron chi connectivity index (χ0n) is 22.8. The number of pyridine rings is 1. The van der Waals surface area contributed by atoms with Gasteiger partial charge in [-0.05, 0) is 28.7 Å². The van der Waals surface area contributed by atoms with E-state index in [4.69, 9.17) is 38.8 Å². The van der Waals surface area contributed by atoms with Gasteiger partial charge in [-0.1, -0.05) is 0 Å². The first-order chi connectivity index (χ1) is 21.4. The van der Waals surface area contributed by atoms with E-state index in [0.29, 0.717) is 0 Å². The van der Waals surface area contributed by atoms with Gasteiger partial charge in [-0.2, -0.15) is 8.88 Å². The van der Waals surface area contributed by atoms with Crippen molar-refractivity contribution in [1.29, 1.82) is 0 Å². The summed E-state index contributed by atoms with van der Waals surface area (Å²) in [6.45, 7) is -1.58. The van der Waals surface area contributed by atoms with Crippen LogP contribution in [0.25, 0.3) is 11.2 Å². The van der Waals surface area contributed by atoms with Crippen LogP contribution in [0.1, 0.15) is 12.5 Å². The molecule has 2 fully saturated rings. The molecule has 1 unspecified atom stereocenters. The Hall–Kier alpha value is -1.60. The van der Waals surface area contributed by atoms with Gasteiger partial charge in [0, 0.05) is 6.07 Å². The fraction of sp³-hybridized carbons (Fsp3) is 0.500. The quantitative estimate of drug-likeness (QED) is 0.0592. The Morgan fingerprint density at radius 3 is 2.39 bits per heavy atom. The van der Waals surface area contributed by atoms with Crippen LogP contribution in [0.2, 0.25) is 0 Å². The third-order valence-corrected chi connectivity index (χ3v) is 10.00. The Morgan fingerprint density at radius 1 is 0.978 bits per heavy atom. The lowest BCUT2D eigenvalue weighted by Crippen LogP contribution is -2.46. The zero-order chi connectivity index (χ0) is 33.6. The molecular formula is C20H27IN6O16P3+. The standard InChI is InChI=1S/C20H26IN6O16P3/c21-9-2-1-3-26(4-9)19-14(29)13(28)10(40-19)5-38-15-11(6-39-46(36,37)43-45(33,34)35)41-20(16(15)42-44(30,31)32)27-8-25-12-17(22)23-7-24-18(12)27/h1-4,7-8,10-11,13-16,19-20,28-29H,5-6H2,(H6-,22,23,24,30,31,32,33,34,35,36,37)/p+1/t10-,11-,13-,14-,15-,16-,19-,20-/m1/s1. The normalized spacial score (nSPS) is 30.2. The molecule has 0 saturated carbocycles. The first-order valence-electron chi connectivity index (χ1n) is 12.8. The average molecular weight is 827 g/mol. The second-order valence-corrected chi connectivity index (χ2v) is 15.1. The van der Waals surface area contributed by atoms with Crippen molar-refractivity contribution in [1.82, 2.24) is 19.5 Å². The number of phosphoric acid groups is 3. The zero-order valence-corrected chi connectivity index (χ0v) is 27.7. The number of aromatic nitrogens is 5. The van der Waals surface area contributed by atoms with Gasteiger partial charge >= 0.3 is 23.5 Å². The van der Waals surface area contributed by atoms with Crippen LogP contribution in [0.15, 0.2) is 37.2 Å². The molecule has 5 rings (SSSR count). The highest BCUT2D eigenvalue weighted by Gasteiger charge is 2.53. The molecule has 0 radical (unpaired) electrons. The number of phosphoric ester groups is 2. The number of imidazole rings is 1. The number of anilines is 1. The third-order valence-electron chi connectivity index (χ3n) is 6.69. The second-order valence-electron chi connectivity index (χ2n) is 9.86. The third kappa shape index (κ3) is 8.33. The Bertz CT molecular complexity index is 1710. The van der Waals surface area contributed by atoms with Crippen molar-refractivity contribution in [3.05, 3.63) is 40.8 Å². The Kier molecular flexibility index (Phi) is 10.7. The molecule has 0 spiro atoms. The number of fused-ring (bicyclic) bond motifs is 1. The number of rotatable bonds is 12.